The molecule has 9 heteroatoms. The van der Waals surface area contributed by atoms with Gasteiger partial charge in [0.2, 0.25) is 0 Å². The summed E-state index contributed by atoms with van der Waals surface area (Å²) < 4.78 is 11.4. The first-order chi connectivity index (χ1) is 15.0. The van der Waals surface area contributed by atoms with Gasteiger partial charge in [0.05, 0.1) is 24.2 Å². The highest BCUT2D eigenvalue weighted by Gasteiger charge is 2.34. The van der Waals surface area contributed by atoms with Crippen molar-refractivity contribution in [3.63, 3.8) is 0 Å². The Morgan fingerprint density at radius 3 is 2.68 bits per heavy atom. The minimum atomic E-state index is -0.224. The van der Waals surface area contributed by atoms with Crippen molar-refractivity contribution in [3.8, 4) is 0 Å². The average molecular weight is 465 g/mol. The Morgan fingerprint density at radius 2 is 2.00 bits per heavy atom. The van der Waals surface area contributed by atoms with Crippen molar-refractivity contribution >= 4 is 45.2 Å². The summed E-state index contributed by atoms with van der Waals surface area (Å²) in [7, 11) is 0. The van der Waals surface area contributed by atoms with Crippen LogP contribution in [0.1, 0.15) is 51.0 Å². The maximum absolute atomic E-state index is 12.1. The van der Waals surface area contributed by atoms with Gasteiger partial charge in [-0.3, -0.25) is 0 Å². The summed E-state index contributed by atoms with van der Waals surface area (Å²) in [6, 6.07) is 0. The lowest BCUT2D eigenvalue weighted by Crippen LogP contribution is -2.49. The third-order valence-electron chi connectivity index (χ3n) is 6.09. The van der Waals surface area contributed by atoms with Crippen LogP contribution in [-0.2, 0) is 22.5 Å². The molecule has 31 heavy (non-hydrogen) atoms. The first-order valence-electron chi connectivity index (χ1n) is 11.2. The van der Waals surface area contributed by atoms with E-state index in [1.165, 1.54) is 15.8 Å². The maximum Gasteiger partial charge on any atom is 0.409 e. The number of ether oxygens (including phenoxy) is 2. The SMILES string of the molecule is CCCSc1nc(N2CCN(C(=O)OCC)CC2)c2c3c(sc2n1)COC(C)(CC)C3. The number of aromatic nitrogens is 2. The van der Waals surface area contributed by atoms with Gasteiger partial charge in [0.15, 0.2) is 5.16 Å². The number of thioether (sulfide) groups is 1. The van der Waals surface area contributed by atoms with E-state index < -0.39 is 0 Å². The Bertz CT molecular complexity index is 942. The molecule has 1 amide bonds. The number of amides is 1. The fraction of sp³-hybridized carbons (Fsp3) is 0.682. The number of fused-ring (bicyclic) bond motifs is 3. The molecule has 1 unspecified atom stereocenters. The minimum absolute atomic E-state index is 0.142. The van der Waals surface area contributed by atoms with Gasteiger partial charge in [0.1, 0.15) is 10.6 Å². The van der Waals surface area contributed by atoms with Gasteiger partial charge in [-0.15, -0.1) is 11.3 Å². The zero-order valence-electron chi connectivity index (χ0n) is 18.9. The third-order valence-corrected chi connectivity index (χ3v) is 8.24. The van der Waals surface area contributed by atoms with Crippen molar-refractivity contribution in [2.45, 2.75) is 64.3 Å². The quantitative estimate of drug-likeness (QED) is 0.453. The zero-order chi connectivity index (χ0) is 22.0. The van der Waals surface area contributed by atoms with E-state index in [9.17, 15) is 4.79 Å². The molecular weight excluding hydrogens is 432 g/mol. The van der Waals surface area contributed by atoms with Crippen LogP contribution in [0.3, 0.4) is 0 Å². The number of thiophene rings is 1. The van der Waals surface area contributed by atoms with Crippen molar-refractivity contribution in [1.29, 1.82) is 0 Å². The van der Waals surface area contributed by atoms with Crippen LogP contribution in [0.5, 0.6) is 0 Å². The van der Waals surface area contributed by atoms with E-state index in [-0.39, 0.29) is 11.7 Å². The Hall–Kier alpha value is -1.58. The normalized spacial score (nSPS) is 21.4. The highest BCUT2D eigenvalue weighted by molar-refractivity contribution is 7.99. The summed E-state index contributed by atoms with van der Waals surface area (Å²) >= 11 is 3.47. The van der Waals surface area contributed by atoms with Crippen LogP contribution in [-0.4, -0.2) is 65.1 Å². The van der Waals surface area contributed by atoms with Gasteiger partial charge in [0.25, 0.3) is 0 Å². The average Bonchev–Trinajstić information content (AvgIpc) is 3.14. The van der Waals surface area contributed by atoms with Gasteiger partial charge < -0.3 is 19.3 Å². The van der Waals surface area contributed by atoms with Crippen molar-refractivity contribution in [2.24, 2.45) is 0 Å². The van der Waals surface area contributed by atoms with Gasteiger partial charge in [-0.1, -0.05) is 25.6 Å². The molecule has 4 rings (SSSR count). The Balaban J connectivity index is 1.69. The first-order valence-corrected chi connectivity index (χ1v) is 13.0. The van der Waals surface area contributed by atoms with E-state index in [1.807, 2.05) is 6.92 Å². The number of nitrogens with zero attached hydrogens (tertiary/aromatic N) is 4. The summed E-state index contributed by atoms with van der Waals surface area (Å²) in [6.07, 6.45) is 2.73. The molecule has 0 aromatic carbocycles. The van der Waals surface area contributed by atoms with Crippen LogP contribution < -0.4 is 4.90 Å². The van der Waals surface area contributed by atoms with Crippen LogP contribution in [0.15, 0.2) is 5.16 Å². The van der Waals surface area contributed by atoms with Crippen molar-refractivity contribution < 1.29 is 14.3 Å². The first kappa shape index (κ1) is 22.6. The molecule has 0 saturated carbocycles. The van der Waals surface area contributed by atoms with Crippen molar-refractivity contribution in [1.82, 2.24) is 14.9 Å². The second kappa shape index (κ2) is 9.50. The summed E-state index contributed by atoms with van der Waals surface area (Å²) in [4.78, 5) is 28.5. The number of carbonyl (C=O) groups excluding carboxylic acids is 1. The van der Waals surface area contributed by atoms with Crippen LogP contribution >= 0.6 is 23.1 Å². The van der Waals surface area contributed by atoms with Crippen LogP contribution in [0.2, 0.25) is 0 Å². The molecule has 4 heterocycles. The molecule has 2 aliphatic rings. The molecule has 1 saturated heterocycles. The van der Waals surface area contributed by atoms with Crippen molar-refractivity contribution in [2.75, 3.05) is 43.4 Å². The second-order valence-electron chi connectivity index (χ2n) is 8.30. The molecule has 170 valence electrons. The summed E-state index contributed by atoms with van der Waals surface area (Å²) in [5.41, 5.74) is 1.21. The fourth-order valence-electron chi connectivity index (χ4n) is 4.06. The van der Waals surface area contributed by atoms with E-state index in [4.69, 9.17) is 19.4 Å². The standard InChI is InChI=1S/C22H32N4O3S2/c1-5-12-30-20-23-18(25-8-10-26(11-9-25)21(27)28-7-3)17-15-13-22(4,6-2)29-14-16(15)31-19(17)24-20/h5-14H2,1-4H3. The molecule has 2 aromatic rings. The van der Waals surface area contributed by atoms with Crippen molar-refractivity contribution in [3.05, 3.63) is 10.4 Å². The topological polar surface area (TPSA) is 67.8 Å². The summed E-state index contributed by atoms with van der Waals surface area (Å²) in [6.45, 7) is 12.2. The molecule has 0 N–H and O–H groups in total. The zero-order valence-corrected chi connectivity index (χ0v) is 20.5. The third kappa shape index (κ3) is 4.64. The van der Waals surface area contributed by atoms with Gasteiger partial charge >= 0.3 is 6.09 Å². The lowest BCUT2D eigenvalue weighted by molar-refractivity contribution is -0.0543. The molecule has 0 bridgehead atoms. The molecule has 0 radical (unpaired) electrons. The smallest absolute Gasteiger partial charge is 0.409 e. The Morgan fingerprint density at radius 1 is 1.23 bits per heavy atom. The second-order valence-corrected chi connectivity index (χ2v) is 10.4. The number of piperazine rings is 1. The molecule has 1 atom stereocenters. The van der Waals surface area contributed by atoms with E-state index in [0.717, 1.165) is 53.9 Å². The van der Waals surface area contributed by atoms with Crippen LogP contribution in [0.25, 0.3) is 10.2 Å². The highest BCUT2D eigenvalue weighted by Crippen LogP contribution is 2.43. The van der Waals surface area contributed by atoms with Gasteiger partial charge in [-0.25, -0.2) is 14.8 Å². The summed E-state index contributed by atoms with van der Waals surface area (Å²) in [5, 5.41) is 2.03. The molecule has 0 spiro atoms. The lowest BCUT2D eigenvalue weighted by Gasteiger charge is -2.36. The monoisotopic (exact) mass is 464 g/mol. The van der Waals surface area contributed by atoms with Crippen LogP contribution in [0.4, 0.5) is 10.6 Å². The lowest BCUT2D eigenvalue weighted by atomic mass is 9.90. The maximum atomic E-state index is 12.1. The largest absolute Gasteiger partial charge is 0.450 e. The van der Waals surface area contributed by atoms with Gasteiger partial charge in [-0.2, -0.15) is 0 Å². The molecule has 1 fully saturated rings. The Labute approximate surface area is 192 Å². The molecule has 2 aliphatic heterocycles. The predicted octanol–water partition coefficient (Wildman–Crippen LogP) is 4.71. The number of hydrogen-bond donors (Lipinski definition) is 0. The van der Waals surface area contributed by atoms with Gasteiger partial charge in [-0.05, 0) is 32.3 Å². The molecule has 7 nitrogen and oxygen atoms in total. The molecular formula is C22H32N4O3S2. The Kier molecular flexibility index (Phi) is 6.93. The molecule has 2 aromatic heterocycles. The van der Waals surface area contributed by atoms with E-state index in [1.54, 1.807) is 28.0 Å². The van der Waals surface area contributed by atoms with E-state index >= 15 is 0 Å². The predicted molar refractivity (Wildman–Crippen MR) is 126 cm³/mol. The number of carbonyl (C=O) groups is 1. The number of rotatable bonds is 6. The highest BCUT2D eigenvalue weighted by atomic mass is 32.2. The van der Waals surface area contributed by atoms with Gasteiger partial charge in [0, 0.05) is 43.2 Å². The van der Waals surface area contributed by atoms with E-state index in [0.29, 0.717) is 26.3 Å². The fourth-order valence-corrected chi connectivity index (χ4v) is 5.91. The summed E-state index contributed by atoms with van der Waals surface area (Å²) in [5.74, 6) is 2.02. The minimum Gasteiger partial charge on any atom is -0.450 e. The van der Waals surface area contributed by atoms with Crippen LogP contribution in [0, 0.1) is 0 Å². The van der Waals surface area contributed by atoms with E-state index in [2.05, 4.69) is 25.7 Å². The number of hydrogen-bond acceptors (Lipinski definition) is 8. The number of anilines is 1. The molecule has 0 aliphatic carbocycles.